The lowest BCUT2D eigenvalue weighted by atomic mass is 10.1. The van der Waals surface area contributed by atoms with E-state index in [1.807, 2.05) is 6.92 Å². The van der Waals surface area contributed by atoms with Crippen LogP contribution in [0.15, 0.2) is 24.3 Å². The van der Waals surface area contributed by atoms with Crippen LogP contribution in [0.5, 0.6) is 0 Å². The fourth-order valence-corrected chi connectivity index (χ4v) is 1.82. The Morgan fingerprint density at radius 2 is 2.16 bits per heavy atom. The molecule has 1 aromatic rings. The van der Waals surface area contributed by atoms with Crippen LogP contribution in [-0.4, -0.2) is 17.0 Å². The molecule has 0 aliphatic heterocycles. The van der Waals surface area contributed by atoms with Crippen LogP contribution in [0.2, 0.25) is 0 Å². The minimum atomic E-state index is -1.10. The number of carboxylic acid groups (broad SMARTS) is 1. The predicted octanol–water partition coefficient (Wildman–Crippen LogP) is 2.52. The predicted molar refractivity (Wildman–Crippen MR) is 69.0 cm³/mol. The Morgan fingerprint density at radius 3 is 2.68 bits per heavy atom. The highest BCUT2D eigenvalue weighted by Gasteiger charge is 2.39. The molecule has 0 saturated heterocycles. The molecule has 1 aliphatic carbocycles. The standard InChI is InChI=1S/C14H14FNO3/c1-8-6-10(8)14(19)16-12-4-2-9(7-11(12)15)3-5-13(17)18/h2-5,7-8,10H,6H2,1H3,(H,16,19)(H,17,18)/b5-3+. The molecular weight excluding hydrogens is 249 g/mol. The third-order valence-corrected chi connectivity index (χ3v) is 3.12. The summed E-state index contributed by atoms with van der Waals surface area (Å²) in [5, 5.41) is 11.0. The first kappa shape index (κ1) is 13.3. The summed E-state index contributed by atoms with van der Waals surface area (Å²) in [7, 11) is 0. The van der Waals surface area contributed by atoms with E-state index >= 15 is 0 Å². The summed E-state index contributed by atoms with van der Waals surface area (Å²) in [6.07, 6.45) is 3.06. The Hall–Kier alpha value is -2.17. The fraction of sp³-hybridized carbons (Fsp3) is 0.286. The van der Waals surface area contributed by atoms with Gasteiger partial charge in [-0.25, -0.2) is 9.18 Å². The maximum atomic E-state index is 13.7. The molecule has 2 N–H and O–H groups in total. The third kappa shape index (κ3) is 3.40. The van der Waals surface area contributed by atoms with Gasteiger partial charge in [0.1, 0.15) is 5.82 Å². The number of hydrogen-bond acceptors (Lipinski definition) is 2. The van der Waals surface area contributed by atoms with Crippen molar-refractivity contribution in [1.29, 1.82) is 0 Å². The molecule has 5 heteroatoms. The number of aliphatic carboxylic acids is 1. The molecule has 2 unspecified atom stereocenters. The van der Waals surface area contributed by atoms with Crippen molar-refractivity contribution < 1.29 is 19.1 Å². The van der Waals surface area contributed by atoms with Crippen molar-refractivity contribution in [2.75, 3.05) is 5.32 Å². The van der Waals surface area contributed by atoms with Crippen LogP contribution in [0, 0.1) is 17.7 Å². The first-order valence-electron chi connectivity index (χ1n) is 5.99. The maximum absolute atomic E-state index is 13.7. The van der Waals surface area contributed by atoms with Gasteiger partial charge in [-0.3, -0.25) is 4.79 Å². The highest BCUT2D eigenvalue weighted by molar-refractivity contribution is 5.94. The molecular formula is C14H14FNO3. The van der Waals surface area contributed by atoms with E-state index in [4.69, 9.17) is 5.11 Å². The van der Waals surface area contributed by atoms with Crippen LogP contribution in [-0.2, 0) is 9.59 Å². The van der Waals surface area contributed by atoms with Gasteiger partial charge in [0.2, 0.25) is 5.91 Å². The first-order chi connectivity index (χ1) is 8.97. The van der Waals surface area contributed by atoms with Gasteiger partial charge >= 0.3 is 5.97 Å². The van der Waals surface area contributed by atoms with E-state index in [2.05, 4.69) is 5.32 Å². The maximum Gasteiger partial charge on any atom is 0.328 e. The minimum Gasteiger partial charge on any atom is -0.478 e. The Balaban J connectivity index is 2.06. The SMILES string of the molecule is CC1CC1C(=O)Nc1ccc(/C=C/C(=O)O)cc1F. The van der Waals surface area contributed by atoms with Gasteiger partial charge in [-0.2, -0.15) is 0 Å². The zero-order valence-electron chi connectivity index (χ0n) is 10.4. The molecule has 19 heavy (non-hydrogen) atoms. The summed E-state index contributed by atoms with van der Waals surface area (Å²) < 4.78 is 13.7. The third-order valence-electron chi connectivity index (χ3n) is 3.12. The number of nitrogens with one attached hydrogen (secondary N) is 1. The largest absolute Gasteiger partial charge is 0.478 e. The fourth-order valence-electron chi connectivity index (χ4n) is 1.82. The highest BCUT2D eigenvalue weighted by Crippen LogP contribution is 2.38. The number of halogens is 1. The van der Waals surface area contributed by atoms with E-state index in [1.54, 1.807) is 6.07 Å². The summed E-state index contributed by atoms with van der Waals surface area (Å²) in [5.74, 6) is -1.50. The molecule has 1 aromatic carbocycles. The van der Waals surface area contributed by atoms with Crippen LogP contribution in [0.1, 0.15) is 18.9 Å². The van der Waals surface area contributed by atoms with E-state index < -0.39 is 11.8 Å². The van der Waals surface area contributed by atoms with E-state index in [1.165, 1.54) is 18.2 Å². The molecule has 1 aliphatic rings. The molecule has 2 rings (SSSR count). The van der Waals surface area contributed by atoms with Crippen LogP contribution >= 0.6 is 0 Å². The lowest BCUT2D eigenvalue weighted by Crippen LogP contribution is -2.15. The van der Waals surface area contributed by atoms with Crippen molar-refractivity contribution in [1.82, 2.24) is 0 Å². The molecule has 0 radical (unpaired) electrons. The molecule has 2 atom stereocenters. The number of amides is 1. The van der Waals surface area contributed by atoms with Gasteiger partial charge in [-0.05, 0) is 36.1 Å². The number of carboxylic acids is 1. The van der Waals surface area contributed by atoms with Gasteiger partial charge in [0.15, 0.2) is 0 Å². The average Bonchev–Trinajstić information content (AvgIpc) is 3.07. The number of anilines is 1. The van der Waals surface area contributed by atoms with Crippen molar-refractivity contribution in [2.24, 2.45) is 11.8 Å². The lowest BCUT2D eigenvalue weighted by molar-refractivity contribution is -0.131. The van der Waals surface area contributed by atoms with E-state index in [0.29, 0.717) is 11.5 Å². The summed E-state index contributed by atoms with van der Waals surface area (Å²) in [6.45, 7) is 1.97. The molecule has 0 bridgehead atoms. The number of rotatable bonds is 4. The molecule has 0 heterocycles. The smallest absolute Gasteiger partial charge is 0.328 e. The molecule has 0 spiro atoms. The summed E-state index contributed by atoms with van der Waals surface area (Å²) in [5.41, 5.74) is 0.550. The topological polar surface area (TPSA) is 66.4 Å². The number of carbonyl (C=O) groups is 2. The van der Waals surface area contributed by atoms with Crippen LogP contribution < -0.4 is 5.32 Å². The van der Waals surface area contributed by atoms with Crippen molar-refractivity contribution in [3.8, 4) is 0 Å². The van der Waals surface area contributed by atoms with Crippen molar-refractivity contribution in [3.05, 3.63) is 35.7 Å². The Labute approximate surface area is 109 Å². The van der Waals surface area contributed by atoms with Gasteiger partial charge in [-0.1, -0.05) is 13.0 Å². The first-order valence-corrected chi connectivity index (χ1v) is 5.99. The minimum absolute atomic E-state index is 0.0222. The Bertz CT molecular complexity index is 554. The van der Waals surface area contributed by atoms with E-state index in [0.717, 1.165) is 12.5 Å². The van der Waals surface area contributed by atoms with Crippen molar-refractivity contribution in [2.45, 2.75) is 13.3 Å². The zero-order valence-corrected chi connectivity index (χ0v) is 10.4. The van der Waals surface area contributed by atoms with Crippen LogP contribution in [0.25, 0.3) is 6.08 Å². The van der Waals surface area contributed by atoms with Crippen LogP contribution in [0.3, 0.4) is 0 Å². The summed E-state index contributed by atoms with van der Waals surface area (Å²) >= 11 is 0. The normalized spacial score (nSPS) is 21.4. The highest BCUT2D eigenvalue weighted by atomic mass is 19.1. The second-order valence-corrected chi connectivity index (χ2v) is 4.72. The van der Waals surface area contributed by atoms with E-state index in [-0.39, 0.29) is 17.5 Å². The summed E-state index contributed by atoms with van der Waals surface area (Å²) in [6, 6.07) is 4.17. The van der Waals surface area contributed by atoms with E-state index in [9.17, 15) is 14.0 Å². The molecule has 1 fully saturated rings. The van der Waals surface area contributed by atoms with Gasteiger partial charge in [0, 0.05) is 12.0 Å². The quantitative estimate of drug-likeness (QED) is 0.820. The Morgan fingerprint density at radius 1 is 1.47 bits per heavy atom. The molecule has 4 nitrogen and oxygen atoms in total. The molecule has 1 saturated carbocycles. The summed E-state index contributed by atoms with van der Waals surface area (Å²) in [4.78, 5) is 22.0. The number of carbonyl (C=O) groups excluding carboxylic acids is 1. The van der Waals surface area contributed by atoms with Gasteiger partial charge in [0.05, 0.1) is 5.69 Å². The lowest BCUT2D eigenvalue weighted by Gasteiger charge is -2.06. The van der Waals surface area contributed by atoms with Gasteiger partial charge in [-0.15, -0.1) is 0 Å². The average molecular weight is 263 g/mol. The monoisotopic (exact) mass is 263 g/mol. The second-order valence-electron chi connectivity index (χ2n) is 4.72. The Kier molecular flexibility index (Phi) is 3.64. The number of benzene rings is 1. The second kappa shape index (κ2) is 5.22. The molecule has 100 valence electrons. The van der Waals surface area contributed by atoms with Gasteiger partial charge in [0.25, 0.3) is 0 Å². The number of hydrogen-bond donors (Lipinski definition) is 2. The zero-order chi connectivity index (χ0) is 14.0. The van der Waals surface area contributed by atoms with Crippen molar-refractivity contribution in [3.63, 3.8) is 0 Å². The van der Waals surface area contributed by atoms with Crippen molar-refractivity contribution >= 4 is 23.6 Å². The van der Waals surface area contributed by atoms with Crippen LogP contribution in [0.4, 0.5) is 10.1 Å². The molecule has 0 aromatic heterocycles. The van der Waals surface area contributed by atoms with Gasteiger partial charge < -0.3 is 10.4 Å². The molecule has 1 amide bonds.